The summed E-state index contributed by atoms with van der Waals surface area (Å²) in [6, 6.07) is 31.5. The minimum atomic E-state index is -1.05. The van der Waals surface area contributed by atoms with Crippen LogP contribution in [0.1, 0.15) is 26.7 Å². The number of benzene rings is 4. The molecule has 0 aromatic heterocycles. The van der Waals surface area contributed by atoms with E-state index in [9.17, 15) is 14.7 Å². The molecule has 0 aliphatic heterocycles. The number of rotatable bonds is 8. The van der Waals surface area contributed by atoms with Gasteiger partial charge in [0.1, 0.15) is 5.25 Å². The molecule has 0 saturated heterocycles. The van der Waals surface area contributed by atoms with E-state index in [0.717, 1.165) is 27.4 Å². The van der Waals surface area contributed by atoms with Gasteiger partial charge in [-0.25, -0.2) is 4.79 Å². The minimum absolute atomic E-state index is 0.115. The molecule has 4 aromatic carbocycles. The van der Waals surface area contributed by atoms with Gasteiger partial charge in [0.2, 0.25) is 5.91 Å². The normalized spacial score (nSPS) is 11.3. The molecular formula is C29H25N3O3S2. The monoisotopic (exact) mass is 527 g/mol. The average Bonchev–Trinajstić information content (AvgIpc) is 2.89. The van der Waals surface area contributed by atoms with Gasteiger partial charge in [0.15, 0.2) is 5.11 Å². The topological polar surface area (TPSA) is 90.5 Å². The van der Waals surface area contributed by atoms with E-state index >= 15 is 0 Å². The predicted octanol–water partition coefficient (Wildman–Crippen LogP) is 6.97. The molecule has 0 spiro atoms. The summed E-state index contributed by atoms with van der Waals surface area (Å²) in [5, 5.41) is 18.5. The van der Waals surface area contributed by atoms with Crippen LogP contribution in [0.4, 0.5) is 17.1 Å². The molecule has 0 bridgehead atoms. The second-order valence-electron chi connectivity index (χ2n) is 8.21. The number of anilines is 3. The molecule has 4 N–H and O–H groups in total. The summed E-state index contributed by atoms with van der Waals surface area (Å²) < 4.78 is 0. The highest BCUT2D eigenvalue weighted by atomic mass is 32.2. The minimum Gasteiger partial charge on any atom is -0.478 e. The first-order chi connectivity index (χ1) is 17.9. The van der Waals surface area contributed by atoms with Crippen molar-refractivity contribution in [1.82, 2.24) is 0 Å². The van der Waals surface area contributed by atoms with E-state index in [1.54, 1.807) is 6.07 Å². The Hall–Kier alpha value is -4.14. The number of carboxylic acids is 1. The zero-order valence-electron chi connectivity index (χ0n) is 20.0. The van der Waals surface area contributed by atoms with E-state index in [1.807, 2.05) is 91.9 Å². The van der Waals surface area contributed by atoms with Gasteiger partial charge in [0, 0.05) is 22.0 Å². The van der Waals surface area contributed by atoms with Crippen molar-refractivity contribution < 1.29 is 14.7 Å². The van der Waals surface area contributed by atoms with Crippen LogP contribution >= 0.6 is 24.0 Å². The van der Waals surface area contributed by atoms with Crippen LogP contribution in [0.15, 0.2) is 108 Å². The van der Waals surface area contributed by atoms with Gasteiger partial charge in [-0.3, -0.25) is 4.79 Å². The molecule has 1 unspecified atom stereocenters. The number of nitrogens with one attached hydrogen (secondary N) is 3. The SMILES string of the molecule is Cc1ccc(C(=O)O)cc1NC(=O)C(Sc1cccc(NC(=S)Nc2ccccc2)c1)c1ccccc1. The molecule has 0 heterocycles. The zero-order valence-corrected chi connectivity index (χ0v) is 21.6. The molecule has 0 radical (unpaired) electrons. The molecule has 0 aliphatic carbocycles. The third-order valence-electron chi connectivity index (χ3n) is 5.46. The molecule has 0 saturated carbocycles. The third-order valence-corrected chi connectivity index (χ3v) is 6.91. The number of carboxylic acid groups (broad SMARTS) is 1. The fraction of sp³-hybridized carbons (Fsp3) is 0.0690. The first-order valence-electron chi connectivity index (χ1n) is 11.5. The maximum absolute atomic E-state index is 13.5. The van der Waals surface area contributed by atoms with E-state index in [0.29, 0.717) is 10.8 Å². The number of amides is 1. The Balaban J connectivity index is 1.53. The lowest BCUT2D eigenvalue weighted by atomic mass is 10.1. The second-order valence-corrected chi connectivity index (χ2v) is 9.79. The number of carbonyl (C=O) groups is 2. The lowest BCUT2D eigenvalue weighted by Gasteiger charge is -2.19. The summed E-state index contributed by atoms with van der Waals surface area (Å²) in [5.41, 5.74) is 3.87. The zero-order chi connectivity index (χ0) is 26.2. The van der Waals surface area contributed by atoms with Crippen molar-refractivity contribution >= 4 is 58.0 Å². The van der Waals surface area contributed by atoms with Gasteiger partial charge in [-0.2, -0.15) is 0 Å². The number of hydrogen-bond donors (Lipinski definition) is 4. The van der Waals surface area contributed by atoms with Gasteiger partial charge in [-0.05, 0) is 72.7 Å². The fourth-order valence-electron chi connectivity index (χ4n) is 3.59. The van der Waals surface area contributed by atoms with E-state index < -0.39 is 11.2 Å². The highest BCUT2D eigenvalue weighted by Crippen LogP contribution is 2.37. The fourth-order valence-corrected chi connectivity index (χ4v) is 4.91. The number of thiocarbonyl (C=S) groups is 1. The molecular weight excluding hydrogens is 502 g/mol. The number of aromatic carboxylic acids is 1. The van der Waals surface area contributed by atoms with Crippen LogP contribution in [0, 0.1) is 6.92 Å². The molecule has 37 heavy (non-hydrogen) atoms. The summed E-state index contributed by atoms with van der Waals surface area (Å²) in [6.45, 7) is 1.83. The van der Waals surface area contributed by atoms with Crippen LogP contribution in [0.5, 0.6) is 0 Å². The van der Waals surface area contributed by atoms with Crippen LogP contribution in [0.3, 0.4) is 0 Å². The quantitative estimate of drug-likeness (QED) is 0.145. The highest BCUT2D eigenvalue weighted by molar-refractivity contribution is 8.00. The molecule has 8 heteroatoms. The van der Waals surface area contributed by atoms with E-state index in [1.165, 1.54) is 23.9 Å². The van der Waals surface area contributed by atoms with E-state index in [-0.39, 0.29) is 11.5 Å². The number of carbonyl (C=O) groups excluding carboxylic acids is 1. The summed E-state index contributed by atoms with van der Waals surface area (Å²) in [5.74, 6) is -1.30. The summed E-state index contributed by atoms with van der Waals surface area (Å²) in [6.07, 6.45) is 0. The lowest BCUT2D eigenvalue weighted by Crippen LogP contribution is -2.20. The Labute approximate surface area is 225 Å². The Kier molecular flexibility index (Phi) is 8.56. The van der Waals surface area contributed by atoms with Crippen LogP contribution in [0.2, 0.25) is 0 Å². The maximum Gasteiger partial charge on any atom is 0.335 e. The summed E-state index contributed by atoms with van der Waals surface area (Å²) in [4.78, 5) is 25.8. The lowest BCUT2D eigenvalue weighted by molar-refractivity contribution is -0.115. The highest BCUT2D eigenvalue weighted by Gasteiger charge is 2.23. The van der Waals surface area contributed by atoms with Crippen molar-refractivity contribution in [3.63, 3.8) is 0 Å². The van der Waals surface area contributed by atoms with E-state index in [2.05, 4.69) is 16.0 Å². The molecule has 4 rings (SSSR count). The Morgan fingerprint density at radius 2 is 1.43 bits per heavy atom. The molecule has 1 atom stereocenters. The van der Waals surface area contributed by atoms with Crippen molar-refractivity contribution in [2.24, 2.45) is 0 Å². The molecule has 4 aromatic rings. The van der Waals surface area contributed by atoms with Crippen molar-refractivity contribution in [3.05, 3.63) is 120 Å². The van der Waals surface area contributed by atoms with Gasteiger partial charge >= 0.3 is 5.97 Å². The molecule has 0 aliphatic rings. The van der Waals surface area contributed by atoms with Gasteiger partial charge in [0.25, 0.3) is 0 Å². The number of para-hydroxylation sites is 1. The van der Waals surface area contributed by atoms with Crippen molar-refractivity contribution in [2.75, 3.05) is 16.0 Å². The first-order valence-corrected chi connectivity index (χ1v) is 12.8. The number of hydrogen-bond acceptors (Lipinski definition) is 4. The van der Waals surface area contributed by atoms with Crippen LogP contribution < -0.4 is 16.0 Å². The maximum atomic E-state index is 13.5. The largest absolute Gasteiger partial charge is 0.478 e. The summed E-state index contributed by atoms with van der Waals surface area (Å²) in [7, 11) is 0. The van der Waals surface area contributed by atoms with Crippen molar-refractivity contribution in [1.29, 1.82) is 0 Å². The van der Waals surface area contributed by atoms with Crippen LogP contribution in [0.25, 0.3) is 0 Å². The van der Waals surface area contributed by atoms with Gasteiger partial charge in [-0.1, -0.05) is 60.7 Å². The average molecular weight is 528 g/mol. The smallest absolute Gasteiger partial charge is 0.335 e. The molecule has 6 nitrogen and oxygen atoms in total. The Morgan fingerprint density at radius 1 is 0.784 bits per heavy atom. The summed E-state index contributed by atoms with van der Waals surface area (Å²) >= 11 is 6.84. The number of aryl methyl sites for hydroxylation is 1. The Morgan fingerprint density at radius 3 is 2.14 bits per heavy atom. The van der Waals surface area contributed by atoms with Crippen LogP contribution in [-0.4, -0.2) is 22.1 Å². The molecule has 1 amide bonds. The van der Waals surface area contributed by atoms with Gasteiger partial charge in [-0.15, -0.1) is 11.8 Å². The van der Waals surface area contributed by atoms with Crippen LogP contribution in [-0.2, 0) is 4.79 Å². The van der Waals surface area contributed by atoms with Gasteiger partial charge in [0.05, 0.1) is 5.56 Å². The molecule has 0 fully saturated rings. The standard InChI is InChI=1S/C29H25N3O3S2/c1-19-15-16-21(28(34)35)17-25(19)32-27(33)26(20-9-4-2-5-10-20)37-24-14-8-13-23(18-24)31-29(36)30-22-11-6-3-7-12-22/h2-18,26H,1H3,(H,32,33)(H,34,35)(H2,30,31,36). The van der Waals surface area contributed by atoms with Crippen molar-refractivity contribution in [3.8, 4) is 0 Å². The van der Waals surface area contributed by atoms with Gasteiger partial charge < -0.3 is 21.1 Å². The van der Waals surface area contributed by atoms with E-state index in [4.69, 9.17) is 12.2 Å². The Bertz CT molecular complexity index is 1410. The first kappa shape index (κ1) is 25.9. The third kappa shape index (κ3) is 7.19. The second kappa shape index (κ2) is 12.2. The predicted molar refractivity (Wildman–Crippen MR) is 155 cm³/mol. The van der Waals surface area contributed by atoms with Crippen molar-refractivity contribution in [2.45, 2.75) is 17.1 Å². The molecule has 186 valence electrons. The number of thioether (sulfide) groups is 1.